The van der Waals surface area contributed by atoms with Gasteiger partial charge in [0.15, 0.2) is 5.78 Å². The summed E-state index contributed by atoms with van der Waals surface area (Å²) in [6.45, 7) is 0.205. The molecular weight excluding hydrogens is 159 g/mol. The van der Waals surface area contributed by atoms with E-state index in [4.69, 9.17) is 0 Å². The third-order valence-electron chi connectivity index (χ3n) is 1.75. The van der Waals surface area contributed by atoms with Crippen LogP contribution in [0.1, 0.15) is 10.4 Å². The molecule has 0 fully saturated rings. The molecule has 1 aliphatic rings. The molecule has 0 amide bonds. The number of carbonyl (C=O) groups is 1. The van der Waals surface area contributed by atoms with Crippen LogP contribution in [0.5, 0.6) is 0 Å². The minimum atomic E-state index is -0.384. The highest BCUT2D eigenvalue weighted by Gasteiger charge is 2.16. The van der Waals surface area contributed by atoms with Crippen LogP contribution in [-0.4, -0.2) is 12.3 Å². The number of carbonyl (C=O) groups excluding carboxylic acids is 1. The van der Waals surface area contributed by atoms with Crippen LogP contribution in [0, 0.1) is 5.82 Å². The van der Waals surface area contributed by atoms with E-state index in [1.165, 1.54) is 18.2 Å². The van der Waals surface area contributed by atoms with Crippen LogP contribution in [0.3, 0.4) is 0 Å². The molecule has 0 saturated heterocycles. The Morgan fingerprint density at radius 2 is 2.25 bits per heavy atom. The number of halogens is 1. The first kappa shape index (κ1) is 7.24. The van der Waals surface area contributed by atoms with Gasteiger partial charge in [0.1, 0.15) is 5.82 Å². The third-order valence-corrected chi connectivity index (χ3v) is 1.75. The lowest BCUT2D eigenvalue weighted by molar-refractivity contribution is 0.0989. The van der Waals surface area contributed by atoms with E-state index in [0.29, 0.717) is 11.3 Å². The highest BCUT2D eigenvalue weighted by atomic mass is 19.1. The Hall–Kier alpha value is -1.42. The van der Waals surface area contributed by atoms with Crippen LogP contribution in [0.2, 0.25) is 0 Å². The van der Waals surface area contributed by atoms with Crippen molar-refractivity contribution in [3.8, 4) is 0 Å². The largest absolute Gasteiger partial charge is 0.320 e. The molecule has 12 heavy (non-hydrogen) atoms. The number of hydrogen-bond acceptors (Lipinski definition) is 3. The summed E-state index contributed by atoms with van der Waals surface area (Å²) in [4.78, 5) is 11.2. The maximum absolute atomic E-state index is 12.7. The van der Waals surface area contributed by atoms with Gasteiger partial charge in [-0.1, -0.05) is 0 Å². The van der Waals surface area contributed by atoms with Gasteiger partial charge in [0.25, 0.3) is 0 Å². The van der Waals surface area contributed by atoms with E-state index in [1.807, 2.05) is 0 Å². The van der Waals surface area contributed by atoms with E-state index in [-0.39, 0.29) is 18.1 Å². The maximum atomic E-state index is 12.7. The molecule has 1 heterocycles. The van der Waals surface area contributed by atoms with E-state index in [2.05, 4.69) is 10.9 Å². The first-order valence-corrected chi connectivity index (χ1v) is 3.59. The first-order valence-electron chi connectivity index (χ1n) is 3.59. The SMILES string of the molecule is O=C1CNNc2ccc(F)cc21. The molecule has 0 bridgehead atoms. The predicted octanol–water partition coefficient (Wildman–Crippen LogP) is 0.938. The second-order valence-electron chi connectivity index (χ2n) is 2.59. The number of fused-ring (bicyclic) bond motifs is 1. The fraction of sp³-hybridized carbons (Fsp3) is 0.125. The van der Waals surface area contributed by atoms with Gasteiger partial charge < -0.3 is 5.43 Å². The van der Waals surface area contributed by atoms with Gasteiger partial charge in [-0.25, -0.2) is 9.82 Å². The standard InChI is InChI=1S/C8H7FN2O/c9-5-1-2-7-6(3-5)8(12)4-10-11-7/h1-3,10-11H,4H2. The molecule has 3 nitrogen and oxygen atoms in total. The van der Waals surface area contributed by atoms with Crippen molar-refractivity contribution < 1.29 is 9.18 Å². The summed E-state index contributed by atoms with van der Waals surface area (Å²) in [6, 6.07) is 4.09. The molecule has 0 unspecified atom stereocenters. The molecule has 0 saturated carbocycles. The lowest BCUT2D eigenvalue weighted by Gasteiger charge is -2.17. The number of hydrazine groups is 1. The smallest absolute Gasteiger partial charge is 0.180 e. The molecule has 2 N–H and O–H groups in total. The van der Waals surface area contributed by atoms with Crippen LogP contribution in [0.15, 0.2) is 18.2 Å². The van der Waals surface area contributed by atoms with E-state index in [1.54, 1.807) is 0 Å². The summed E-state index contributed by atoms with van der Waals surface area (Å²) < 4.78 is 12.7. The molecule has 1 aromatic rings. The molecule has 0 atom stereocenters. The summed E-state index contributed by atoms with van der Waals surface area (Å²) in [5.41, 5.74) is 6.51. The number of hydrogen-bond donors (Lipinski definition) is 2. The van der Waals surface area contributed by atoms with Crippen molar-refractivity contribution in [1.82, 2.24) is 5.43 Å². The number of rotatable bonds is 0. The number of Topliss-reactive ketones (excluding diaryl/α,β-unsaturated/α-hetero) is 1. The molecule has 4 heteroatoms. The fourth-order valence-electron chi connectivity index (χ4n) is 1.17. The van der Waals surface area contributed by atoms with Crippen molar-refractivity contribution >= 4 is 11.5 Å². The summed E-state index contributed by atoms with van der Waals surface area (Å²) in [5, 5.41) is 0. The normalized spacial score (nSPS) is 15.2. The van der Waals surface area contributed by atoms with Crippen LogP contribution < -0.4 is 10.9 Å². The molecule has 0 aliphatic carbocycles. The van der Waals surface area contributed by atoms with Gasteiger partial charge in [-0.05, 0) is 18.2 Å². The molecule has 0 aromatic heterocycles. The van der Waals surface area contributed by atoms with Crippen molar-refractivity contribution in [2.45, 2.75) is 0 Å². The highest BCUT2D eigenvalue weighted by molar-refractivity contribution is 6.03. The summed E-state index contributed by atoms with van der Waals surface area (Å²) >= 11 is 0. The van der Waals surface area contributed by atoms with Gasteiger partial charge in [-0.3, -0.25) is 4.79 Å². The quantitative estimate of drug-likeness (QED) is 0.602. The third kappa shape index (κ3) is 1.06. The van der Waals surface area contributed by atoms with Gasteiger partial charge in [0, 0.05) is 5.56 Å². The zero-order valence-electron chi connectivity index (χ0n) is 6.23. The zero-order chi connectivity index (χ0) is 8.55. The molecule has 0 spiro atoms. The fourth-order valence-corrected chi connectivity index (χ4v) is 1.17. The Morgan fingerprint density at radius 1 is 1.42 bits per heavy atom. The molecule has 1 aromatic carbocycles. The lowest BCUT2D eigenvalue weighted by atomic mass is 10.1. The molecule has 0 radical (unpaired) electrons. The van der Waals surface area contributed by atoms with Crippen molar-refractivity contribution in [3.05, 3.63) is 29.6 Å². The summed E-state index contributed by atoms with van der Waals surface area (Å²) in [5.74, 6) is -0.478. The monoisotopic (exact) mass is 166 g/mol. The highest BCUT2D eigenvalue weighted by Crippen LogP contribution is 2.18. The second-order valence-corrected chi connectivity index (χ2v) is 2.59. The van der Waals surface area contributed by atoms with E-state index in [9.17, 15) is 9.18 Å². The lowest BCUT2D eigenvalue weighted by Crippen LogP contribution is -2.34. The van der Waals surface area contributed by atoms with Crippen molar-refractivity contribution in [1.29, 1.82) is 0 Å². The summed E-state index contributed by atoms with van der Waals surface area (Å²) in [7, 11) is 0. The van der Waals surface area contributed by atoms with E-state index >= 15 is 0 Å². The molecule has 62 valence electrons. The van der Waals surface area contributed by atoms with Gasteiger partial charge in [-0.2, -0.15) is 0 Å². The van der Waals surface area contributed by atoms with Crippen LogP contribution >= 0.6 is 0 Å². The number of nitrogens with one attached hydrogen (secondary N) is 2. The van der Waals surface area contributed by atoms with Crippen LogP contribution in [-0.2, 0) is 0 Å². The van der Waals surface area contributed by atoms with Gasteiger partial charge in [0.2, 0.25) is 0 Å². The Labute approximate surface area is 68.6 Å². The van der Waals surface area contributed by atoms with Gasteiger partial charge in [0.05, 0.1) is 12.2 Å². The van der Waals surface area contributed by atoms with E-state index in [0.717, 1.165) is 0 Å². The van der Waals surface area contributed by atoms with Crippen LogP contribution in [0.25, 0.3) is 0 Å². The van der Waals surface area contributed by atoms with Crippen molar-refractivity contribution in [2.75, 3.05) is 12.0 Å². The van der Waals surface area contributed by atoms with Gasteiger partial charge >= 0.3 is 0 Å². The number of ketones is 1. The zero-order valence-corrected chi connectivity index (χ0v) is 6.23. The molecule has 2 rings (SSSR count). The van der Waals surface area contributed by atoms with Gasteiger partial charge in [-0.15, -0.1) is 0 Å². The maximum Gasteiger partial charge on any atom is 0.180 e. The Balaban J connectivity index is 2.54. The average Bonchev–Trinajstić information content (AvgIpc) is 2.07. The predicted molar refractivity (Wildman–Crippen MR) is 42.4 cm³/mol. The Bertz CT molecular complexity index is 338. The van der Waals surface area contributed by atoms with Crippen molar-refractivity contribution in [3.63, 3.8) is 0 Å². The minimum Gasteiger partial charge on any atom is -0.320 e. The first-order chi connectivity index (χ1) is 5.77. The molecule has 1 aliphatic heterocycles. The number of anilines is 1. The van der Waals surface area contributed by atoms with E-state index < -0.39 is 0 Å². The summed E-state index contributed by atoms with van der Waals surface area (Å²) in [6.07, 6.45) is 0. The second kappa shape index (κ2) is 2.57. The Morgan fingerprint density at radius 3 is 3.08 bits per heavy atom. The topological polar surface area (TPSA) is 41.1 Å². The Kier molecular flexibility index (Phi) is 1.55. The van der Waals surface area contributed by atoms with Crippen molar-refractivity contribution in [2.24, 2.45) is 0 Å². The minimum absolute atomic E-state index is 0.0942. The number of benzene rings is 1. The van der Waals surface area contributed by atoms with Crippen LogP contribution in [0.4, 0.5) is 10.1 Å². The molecular formula is C8H7FN2O. The average molecular weight is 166 g/mol.